The van der Waals surface area contributed by atoms with Crippen molar-refractivity contribution in [3.63, 3.8) is 0 Å². The third kappa shape index (κ3) is 3.59. The lowest BCUT2D eigenvalue weighted by Gasteiger charge is -2.08. The summed E-state index contributed by atoms with van der Waals surface area (Å²) in [5.41, 5.74) is 0.876. The number of halogens is 2. The molecule has 0 aliphatic rings. The summed E-state index contributed by atoms with van der Waals surface area (Å²) < 4.78 is 19.3. The van der Waals surface area contributed by atoms with Crippen molar-refractivity contribution in [1.82, 2.24) is 0 Å². The minimum Gasteiger partial charge on any atom is -0.456 e. The Morgan fingerprint density at radius 1 is 1.16 bits per heavy atom. The molecule has 2 aromatic carbocycles. The predicted octanol–water partition coefficient (Wildman–Crippen LogP) is 5.14. The molecule has 2 rings (SSSR count). The maximum absolute atomic E-state index is 12.8. The molecule has 0 radical (unpaired) electrons. The van der Waals surface area contributed by atoms with Crippen LogP contribution in [0.3, 0.4) is 0 Å². The Kier molecular flexibility index (Phi) is 4.59. The Balaban J connectivity index is 2.28. The van der Waals surface area contributed by atoms with Crippen LogP contribution >= 0.6 is 15.9 Å². The molecule has 0 aliphatic heterocycles. The summed E-state index contributed by atoms with van der Waals surface area (Å²) in [6.45, 7) is 2.00. The number of ether oxygens (including phenoxy) is 1. The topological polar surface area (TPSA) is 9.23 Å². The third-order valence-electron chi connectivity index (χ3n) is 2.40. The largest absolute Gasteiger partial charge is 0.456 e. The van der Waals surface area contributed by atoms with Gasteiger partial charge in [-0.25, -0.2) is 4.39 Å². The maximum Gasteiger partial charge on any atom is 0.142 e. The molecule has 1 nitrogen and oxygen atoms in total. The number of hydrogen-bond acceptors (Lipinski definition) is 1. The molecular formula is C16H12BrFO. The van der Waals surface area contributed by atoms with E-state index in [1.165, 1.54) is 12.1 Å². The van der Waals surface area contributed by atoms with Gasteiger partial charge < -0.3 is 4.74 Å². The van der Waals surface area contributed by atoms with Gasteiger partial charge in [0.1, 0.15) is 17.3 Å². The van der Waals surface area contributed by atoms with Crippen molar-refractivity contribution in [2.45, 2.75) is 13.3 Å². The van der Waals surface area contributed by atoms with E-state index in [1.807, 2.05) is 25.1 Å². The van der Waals surface area contributed by atoms with E-state index in [9.17, 15) is 4.39 Å². The number of hydrogen-bond donors (Lipinski definition) is 0. The van der Waals surface area contributed by atoms with Crippen LogP contribution in [0.4, 0.5) is 4.39 Å². The van der Waals surface area contributed by atoms with E-state index in [1.54, 1.807) is 12.1 Å². The van der Waals surface area contributed by atoms with Crippen molar-refractivity contribution in [1.29, 1.82) is 0 Å². The quantitative estimate of drug-likeness (QED) is 0.696. The monoisotopic (exact) mass is 318 g/mol. The van der Waals surface area contributed by atoms with E-state index in [0.717, 1.165) is 16.5 Å². The standard InChI is InChI=1S/C16H12BrFO/c1-2-3-5-12-6-4-7-15(16(12)17)19-14-10-8-13(18)9-11-14/h4,6-11H,2H2,1H3. The molecule has 0 unspecified atom stereocenters. The van der Waals surface area contributed by atoms with Crippen LogP contribution in [0.15, 0.2) is 46.9 Å². The molecule has 0 heterocycles. The highest BCUT2D eigenvalue weighted by molar-refractivity contribution is 9.10. The molecule has 0 bridgehead atoms. The molecule has 0 spiro atoms. The van der Waals surface area contributed by atoms with Crippen molar-refractivity contribution in [3.05, 3.63) is 58.3 Å². The van der Waals surface area contributed by atoms with Crippen molar-refractivity contribution >= 4 is 15.9 Å². The molecule has 2 aromatic rings. The Morgan fingerprint density at radius 3 is 2.58 bits per heavy atom. The molecule has 0 N–H and O–H groups in total. The Morgan fingerprint density at radius 2 is 1.89 bits per heavy atom. The van der Waals surface area contributed by atoms with E-state index in [2.05, 4.69) is 27.8 Å². The van der Waals surface area contributed by atoms with Crippen LogP contribution in [0.2, 0.25) is 0 Å². The molecule has 3 heteroatoms. The van der Waals surface area contributed by atoms with Crippen LogP contribution in [0.1, 0.15) is 18.9 Å². The molecule has 96 valence electrons. The van der Waals surface area contributed by atoms with Crippen molar-refractivity contribution in [2.24, 2.45) is 0 Å². The zero-order valence-corrected chi connectivity index (χ0v) is 12.0. The van der Waals surface area contributed by atoms with Gasteiger partial charge in [-0.15, -0.1) is 0 Å². The predicted molar refractivity (Wildman–Crippen MR) is 77.8 cm³/mol. The second-order valence-electron chi connectivity index (χ2n) is 3.83. The van der Waals surface area contributed by atoms with Gasteiger partial charge in [0.25, 0.3) is 0 Å². The van der Waals surface area contributed by atoms with Gasteiger partial charge >= 0.3 is 0 Å². The first-order valence-corrected chi connectivity index (χ1v) is 6.71. The lowest BCUT2D eigenvalue weighted by atomic mass is 10.2. The smallest absolute Gasteiger partial charge is 0.142 e. The molecule has 0 saturated carbocycles. The highest BCUT2D eigenvalue weighted by Crippen LogP contribution is 2.32. The molecule has 19 heavy (non-hydrogen) atoms. The normalized spacial score (nSPS) is 9.63. The highest BCUT2D eigenvalue weighted by Gasteiger charge is 2.06. The summed E-state index contributed by atoms with van der Waals surface area (Å²) in [6.07, 6.45) is 0.801. The van der Waals surface area contributed by atoms with E-state index in [0.29, 0.717) is 11.5 Å². The average molecular weight is 319 g/mol. The lowest BCUT2D eigenvalue weighted by Crippen LogP contribution is -1.88. The molecular weight excluding hydrogens is 307 g/mol. The lowest BCUT2D eigenvalue weighted by molar-refractivity contribution is 0.477. The number of rotatable bonds is 2. The number of benzene rings is 2. The summed E-state index contributed by atoms with van der Waals surface area (Å²) >= 11 is 3.48. The van der Waals surface area contributed by atoms with Crippen LogP contribution in [-0.4, -0.2) is 0 Å². The van der Waals surface area contributed by atoms with Gasteiger partial charge in [0, 0.05) is 12.0 Å². The van der Waals surface area contributed by atoms with Gasteiger partial charge in [0.2, 0.25) is 0 Å². The molecule has 0 fully saturated rings. The Bertz CT molecular complexity index is 623. The zero-order chi connectivity index (χ0) is 13.7. The molecule has 0 atom stereocenters. The molecule has 0 amide bonds. The average Bonchev–Trinajstić information content (AvgIpc) is 2.42. The van der Waals surface area contributed by atoms with E-state index in [-0.39, 0.29) is 5.82 Å². The van der Waals surface area contributed by atoms with Gasteiger partial charge in [-0.1, -0.05) is 24.8 Å². The van der Waals surface area contributed by atoms with Crippen LogP contribution < -0.4 is 4.74 Å². The second-order valence-corrected chi connectivity index (χ2v) is 4.62. The second kappa shape index (κ2) is 6.40. The first-order chi connectivity index (χ1) is 9.20. The SMILES string of the molecule is CCC#Cc1cccc(Oc2ccc(F)cc2)c1Br. The summed E-state index contributed by atoms with van der Waals surface area (Å²) in [5.74, 6) is 7.04. The fraction of sp³-hybridized carbons (Fsp3) is 0.125. The zero-order valence-electron chi connectivity index (χ0n) is 10.4. The summed E-state index contributed by atoms with van der Waals surface area (Å²) in [6, 6.07) is 11.5. The van der Waals surface area contributed by atoms with Gasteiger partial charge in [-0.3, -0.25) is 0 Å². The van der Waals surface area contributed by atoms with Crippen LogP contribution in [0.5, 0.6) is 11.5 Å². The van der Waals surface area contributed by atoms with Crippen molar-refractivity contribution < 1.29 is 9.13 Å². The van der Waals surface area contributed by atoms with Gasteiger partial charge in [-0.2, -0.15) is 0 Å². The third-order valence-corrected chi connectivity index (χ3v) is 3.22. The van der Waals surface area contributed by atoms with E-state index in [4.69, 9.17) is 4.74 Å². The van der Waals surface area contributed by atoms with Crippen molar-refractivity contribution in [3.8, 4) is 23.3 Å². The fourth-order valence-corrected chi connectivity index (χ4v) is 1.94. The fourth-order valence-electron chi connectivity index (χ4n) is 1.50. The minimum atomic E-state index is -0.283. The van der Waals surface area contributed by atoms with Gasteiger partial charge in [0.15, 0.2) is 0 Å². The van der Waals surface area contributed by atoms with Crippen LogP contribution in [-0.2, 0) is 0 Å². The van der Waals surface area contributed by atoms with Crippen LogP contribution in [0.25, 0.3) is 0 Å². The first kappa shape index (κ1) is 13.6. The van der Waals surface area contributed by atoms with Gasteiger partial charge in [0.05, 0.1) is 4.47 Å². The minimum absolute atomic E-state index is 0.283. The summed E-state index contributed by atoms with van der Waals surface area (Å²) in [5, 5.41) is 0. The molecule has 0 saturated heterocycles. The Hall–Kier alpha value is -1.79. The van der Waals surface area contributed by atoms with Crippen LogP contribution in [0, 0.1) is 17.7 Å². The summed E-state index contributed by atoms with van der Waals surface area (Å²) in [4.78, 5) is 0. The van der Waals surface area contributed by atoms with Crippen molar-refractivity contribution in [2.75, 3.05) is 0 Å². The highest BCUT2D eigenvalue weighted by atomic mass is 79.9. The maximum atomic E-state index is 12.8. The van der Waals surface area contributed by atoms with Gasteiger partial charge in [-0.05, 0) is 52.3 Å². The molecule has 0 aromatic heterocycles. The first-order valence-electron chi connectivity index (χ1n) is 5.91. The molecule has 0 aliphatic carbocycles. The van der Waals surface area contributed by atoms with E-state index >= 15 is 0 Å². The van der Waals surface area contributed by atoms with E-state index < -0.39 is 0 Å². The summed E-state index contributed by atoms with van der Waals surface area (Å²) in [7, 11) is 0. The Labute approximate surface area is 120 Å².